The third-order valence-corrected chi connectivity index (χ3v) is 5.86. The van der Waals surface area contributed by atoms with Gasteiger partial charge in [-0.05, 0) is 42.0 Å². The quantitative estimate of drug-likeness (QED) is 0.824. The second-order valence-corrected chi connectivity index (χ2v) is 9.23. The number of anilines is 3. The first-order valence-electron chi connectivity index (χ1n) is 9.29. The Morgan fingerprint density at radius 1 is 1.07 bits per heavy atom. The summed E-state index contributed by atoms with van der Waals surface area (Å²) in [5.41, 5.74) is 3.36. The van der Waals surface area contributed by atoms with Gasteiger partial charge in [0.05, 0.1) is 5.75 Å². The zero-order valence-electron chi connectivity index (χ0n) is 17.0. The van der Waals surface area contributed by atoms with E-state index in [9.17, 15) is 9.59 Å². The monoisotopic (exact) mass is 397 g/mol. The molecule has 0 spiro atoms. The number of rotatable bonds is 4. The van der Waals surface area contributed by atoms with Gasteiger partial charge in [-0.1, -0.05) is 32.9 Å². The lowest BCUT2D eigenvalue weighted by molar-refractivity contribution is -0.123. The summed E-state index contributed by atoms with van der Waals surface area (Å²) in [7, 11) is 3.99. The van der Waals surface area contributed by atoms with Gasteiger partial charge >= 0.3 is 0 Å². The highest BCUT2D eigenvalue weighted by atomic mass is 32.2. The molecule has 0 radical (unpaired) electrons. The van der Waals surface area contributed by atoms with Gasteiger partial charge in [-0.25, -0.2) is 0 Å². The molecule has 148 valence electrons. The number of nitrogens with zero attached hydrogens (tertiary/aromatic N) is 2. The highest BCUT2D eigenvalue weighted by Gasteiger charge is 2.34. The molecule has 5 nitrogen and oxygen atoms in total. The molecule has 2 aromatic rings. The maximum absolute atomic E-state index is 12.5. The molecule has 1 heterocycles. The van der Waals surface area contributed by atoms with Crippen LogP contribution in [0.3, 0.4) is 0 Å². The maximum Gasteiger partial charge on any atom is 0.238 e. The average Bonchev–Trinajstić information content (AvgIpc) is 3.03. The number of hydrogen-bond donors (Lipinski definition) is 1. The fraction of sp³-hybridized carbons (Fsp3) is 0.364. The van der Waals surface area contributed by atoms with Crippen molar-refractivity contribution in [1.82, 2.24) is 0 Å². The van der Waals surface area contributed by atoms with Crippen molar-refractivity contribution in [2.75, 3.05) is 35.0 Å². The summed E-state index contributed by atoms with van der Waals surface area (Å²) in [6.07, 6.45) is 0. The van der Waals surface area contributed by atoms with Gasteiger partial charge in [-0.3, -0.25) is 14.5 Å². The van der Waals surface area contributed by atoms with Crippen molar-refractivity contribution in [3.05, 3.63) is 54.1 Å². The van der Waals surface area contributed by atoms with Crippen LogP contribution in [0.15, 0.2) is 48.5 Å². The zero-order valence-corrected chi connectivity index (χ0v) is 17.8. The number of carbonyl (C=O) groups is 2. The summed E-state index contributed by atoms with van der Waals surface area (Å²) < 4.78 is 0. The molecule has 0 aromatic heterocycles. The maximum atomic E-state index is 12.5. The molecular formula is C22H27N3O2S. The molecule has 0 aliphatic carbocycles. The number of amides is 2. The van der Waals surface area contributed by atoms with Crippen LogP contribution in [-0.4, -0.2) is 31.7 Å². The zero-order chi connectivity index (χ0) is 20.5. The highest BCUT2D eigenvalue weighted by molar-refractivity contribution is 8.00. The van der Waals surface area contributed by atoms with Gasteiger partial charge in [-0.2, -0.15) is 0 Å². The van der Waals surface area contributed by atoms with Crippen molar-refractivity contribution in [1.29, 1.82) is 0 Å². The SMILES string of the molecule is CN(C)c1ccc(N2C(=O)CS[C@H]2c2ccc(NC(=O)C(C)(C)C)cc2)cc1. The molecule has 2 amide bonds. The van der Waals surface area contributed by atoms with Crippen molar-refractivity contribution in [3.63, 3.8) is 0 Å². The molecule has 1 fully saturated rings. The van der Waals surface area contributed by atoms with Crippen LogP contribution in [0.25, 0.3) is 0 Å². The molecular weight excluding hydrogens is 370 g/mol. The van der Waals surface area contributed by atoms with Crippen LogP contribution < -0.4 is 15.1 Å². The summed E-state index contributed by atoms with van der Waals surface area (Å²) in [6, 6.07) is 15.8. The second kappa shape index (κ2) is 7.87. The first-order chi connectivity index (χ1) is 13.2. The Hall–Kier alpha value is -2.47. The third kappa shape index (κ3) is 4.33. The average molecular weight is 398 g/mol. The van der Waals surface area contributed by atoms with E-state index in [4.69, 9.17) is 0 Å². The summed E-state index contributed by atoms with van der Waals surface area (Å²) in [4.78, 5) is 28.6. The predicted molar refractivity (Wildman–Crippen MR) is 118 cm³/mol. The van der Waals surface area contributed by atoms with E-state index in [0.29, 0.717) is 5.75 Å². The van der Waals surface area contributed by atoms with Crippen LogP contribution in [0, 0.1) is 5.41 Å². The van der Waals surface area contributed by atoms with E-state index >= 15 is 0 Å². The molecule has 0 saturated carbocycles. The normalized spacial score (nSPS) is 17.0. The van der Waals surface area contributed by atoms with Gasteiger partial charge in [0, 0.05) is 36.6 Å². The van der Waals surface area contributed by atoms with Gasteiger partial charge in [-0.15, -0.1) is 11.8 Å². The van der Waals surface area contributed by atoms with E-state index in [2.05, 4.69) is 5.32 Å². The number of thioether (sulfide) groups is 1. The summed E-state index contributed by atoms with van der Waals surface area (Å²) in [5.74, 6) is 0.550. The number of benzene rings is 2. The van der Waals surface area contributed by atoms with Crippen molar-refractivity contribution < 1.29 is 9.59 Å². The molecule has 0 unspecified atom stereocenters. The van der Waals surface area contributed by atoms with Crippen LogP contribution in [0.4, 0.5) is 17.1 Å². The largest absolute Gasteiger partial charge is 0.378 e. The lowest BCUT2D eigenvalue weighted by Crippen LogP contribution is -2.28. The molecule has 1 saturated heterocycles. The highest BCUT2D eigenvalue weighted by Crippen LogP contribution is 2.42. The van der Waals surface area contributed by atoms with E-state index < -0.39 is 5.41 Å². The first-order valence-corrected chi connectivity index (χ1v) is 10.3. The Morgan fingerprint density at radius 3 is 2.21 bits per heavy atom. The van der Waals surface area contributed by atoms with E-state index in [1.807, 2.05) is 93.2 Å². The Morgan fingerprint density at radius 2 is 1.68 bits per heavy atom. The van der Waals surface area contributed by atoms with E-state index in [-0.39, 0.29) is 17.2 Å². The molecule has 28 heavy (non-hydrogen) atoms. The molecule has 1 aliphatic heterocycles. The fourth-order valence-electron chi connectivity index (χ4n) is 2.91. The lowest BCUT2D eigenvalue weighted by Gasteiger charge is -2.25. The van der Waals surface area contributed by atoms with Crippen LogP contribution in [-0.2, 0) is 9.59 Å². The smallest absolute Gasteiger partial charge is 0.238 e. The van der Waals surface area contributed by atoms with Crippen LogP contribution >= 0.6 is 11.8 Å². The van der Waals surface area contributed by atoms with Gasteiger partial charge < -0.3 is 10.2 Å². The molecule has 0 bridgehead atoms. The van der Waals surface area contributed by atoms with Crippen molar-refractivity contribution >= 4 is 40.6 Å². The van der Waals surface area contributed by atoms with Crippen molar-refractivity contribution in [2.24, 2.45) is 5.41 Å². The molecule has 1 N–H and O–H groups in total. The summed E-state index contributed by atoms with van der Waals surface area (Å²) in [5, 5.41) is 2.87. The molecule has 6 heteroatoms. The van der Waals surface area contributed by atoms with Crippen molar-refractivity contribution in [3.8, 4) is 0 Å². The summed E-state index contributed by atoms with van der Waals surface area (Å²) in [6.45, 7) is 5.66. The molecule has 3 rings (SSSR count). The predicted octanol–water partition coefficient (Wildman–Crippen LogP) is 4.52. The minimum atomic E-state index is -0.443. The molecule has 1 aliphatic rings. The minimum Gasteiger partial charge on any atom is -0.378 e. The van der Waals surface area contributed by atoms with E-state index in [0.717, 1.165) is 22.6 Å². The van der Waals surface area contributed by atoms with Gasteiger partial charge in [0.15, 0.2) is 0 Å². The third-order valence-electron chi connectivity index (χ3n) is 4.65. The Kier molecular flexibility index (Phi) is 5.70. The minimum absolute atomic E-state index is 0.0201. The number of carbonyl (C=O) groups excluding carboxylic acids is 2. The molecule has 2 aromatic carbocycles. The van der Waals surface area contributed by atoms with E-state index in [1.54, 1.807) is 11.8 Å². The Bertz CT molecular complexity index is 855. The fourth-order valence-corrected chi connectivity index (χ4v) is 4.09. The first kappa shape index (κ1) is 20.3. The van der Waals surface area contributed by atoms with Gasteiger partial charge in [0.1, 0.15) is 5.37 Å². The van der Waals surface area contributed by atoms with Crippen LogP contribution in [0.2, 0.25) is 0 Å². The van der Waals surface area contributed by atoms with E-state index in [1.165, 1.54) is 0 Å². The number of hydrogen-bond acceptors (Lipinski definition) is 4. The Balaban J connectivity index is 1.80. The second-order valence-electron chi connectivity index (χ2n) is 8.16. The van der Waals surface area contributed by atoms with Crippen LogP contribution in [0.5, 0.6) is 0 Å². The lowest BCUT2D eigenvalue weighted by atomic mass is 9.95. The number of nitrogens with one attached hydrogen (secondary N) is 1. The summed E-state index contributed by atoms with van der Waals surface area (Å²) >= 11 is 1.62. The topological polar surface area (TPSA) is 52.6 Å². The van der Waals surface area contributed by atoms with Crippen molar-refractivity contribution in [2.45, 2.75) is 26.1 Å². The van der Waals surface area contributed by atoms with Gasteiger partial charge in [0.2, 0.25) is 11.8 Å². The van der Waals surface area contributed by atoms with Crippen LogP contribution in [0.1, 0.15) is 31.7 Å². The molecule has 1 atom stereocenters. The van der Waals surface area contributed by atoms with Gasteiger partial charge in [0.25, 0.3) is 0 Å². The Labute approximate surface area is 171 Å². The standard InChI is InChI=1S/C22H27N3O2S/c1-22(2,3)21(27)23-16-8-6-15(7-9-16)20-25(19(26)14-28-20)18-12-10-17(11-13-18)24(4)5/h6-13,20H,14H2,1-5H3,(H,23,27)/t20-/m0/s1.